The van der Waals surface area contributed by atoms with Gasteiger partial charge in [0.2, 0.25) is 0 Å². The summed E-state index contributed by atoms with van der Waals surface area (Å²) in [5, 5.41) is 6.18. The van der Waals surface area contributed by atoms with Gasteiger partial charge in [0.05, 0.1) is 12.0 Å². The predicted octanol–water partition coefficient (Wildman–Crippen LogP) is 0.744. The van der Waals surface area contributed by atoms with Gasteiger partial charge in [-0.05, 0) is 25.1 Å². The van der Waals surface area contributed by atoms with Crippen molar-refractivity contribution in [2.75, 3.05) is 6.61 Å². The van der Waals surface area contributed by atoms with E-state index in [2.05, 4.69) is 10.1 Å². The Morgan fingerprint density at radius 2 is 2.17 bits per heavy atom. The zero-order chi connectivity index (χ0) is 17.1. The van der Waals surface area contributed by atoms with E-state index in [4.69, 9.17) is 9.15 Å². The second-order valence-corrected chi connectivity index (χ2v) is 4.78. The molecule has 0 saturated carbocycles. The molecule has 9 heteroatoms. The lowest BCUT2D eigenvalue weighted by atomic mass is 10.2. The molecular formula is C15H12N4O5. The largest absolute Gasteiger partial charge is 0.459 e. The smallest absolute Gasteiger partial charge is 0.344 e. The summed E-state index contributed by atoms with van der Waals surface area (Å²) in [6, 6.07) is 4.59. The third-order valence-electron chi connectivity index (χ3n) is 3.11. The summed E-state index contributed by atoms with van der Waals surface area (Å²) in [5.41, 5.74) is 0.915. The highest BCUT2D eigenvalue weighted by atomic mass is 16.5. The van der Waals surface area contributed by atoms with Crippen LogP contribution in [0.3, 0.4) is 0 Å². The Morgan fingerprint density at radius 1 is 1.33 bits per heavy atom. The number of furan rings is 1. The summed E-state index contributed by atoms with van der Waals surface area (Å²) in [6.45, 7) is 1.01. The SMILES string of the molecule is Cc1nn2cccnc2c1C(=O)OCC(=O)NC(=O)c1ccco1. The minimum Gasteiger partial charge on any atom is -0.459 e. The third kappa shape index (κ3) is 3.00. The van der Waals surface area contributed by atoms with Crippen molar-refractivity contribution in [3.05, 3.63) is 53.9 Å². The summed E-state index contributed by atoms with van der Waals surface area (Å²) >= 11 is 0. The lowest BCUT2D eigenvalue weighted by Gasteiger charge is -2.04. The van der Waals surface area contributed by atoms with Crippen molar-refractivity contribution in [3.8, 4) is 0 Å². The van der Waals surface area contributed by atoms with Crippen LogP contribution >= 0.6 is 0 Å². The second kappa shape index (κ2) is 6.32. The van der Waals surface area contributed by atoms with Gasteiger partial charge in [0.25, 0.3) is 11.8 Å². The van der Waals surface area contributed by atoms with Crippen molar-refractivity contribution in [2.24, 2.45) is 0 Å². The number of fused-ring (bicyclic) bond motifs is 1. The fraction of sp³-hybridized carbons (Fsp3) is 0.133. The number of aryl methyl sites for hydroxylation is 1. The minimum absolute atomic E-state index is 0.0163. The number of ether oxygens (including phenoxy) is 1. The molecular weight excluding hydrogens is 316 g/mol. The van der Waals surface area contributed by atoms with Gasteiger partial charge in [0, 0.05) is 12.4 Å². The molecule has 3 aromatic rings. The first-order valence-electron chi connectivity index (χ1n) is 6.91. The van der Waals surface area contributed by atoms with Crippen LogP contribution in [0.15, 0.2) is 41.3 Å². The van der Waals surface area contributed by atoms with Gasteiger partial charge in [-0.1, -0.05) is 0 Å². The Morgan fingerprint density at radius 3 is 2.92 bits per heavy atom. The number of imide groups is 1. The molecule has 0 fully saturated rings. The van der Waals surface area contributed by atoms with Crippen molar-refractivity contribution < 1.29 is 23.5 Å². The second-order valence-electron chi connectivity index (χ2n) is 4.78. The summed E-state index contributed by atoms with van der Waals surface area (Å²) in [5.74, 6) is -2.25. The maximum Gasteiger partial charge on any atom is 0.344 e. The Balaban J connectivity index is 1.63. The fourth-order valence-electron chi connectivity index (χ4n) is 2.07. The predicted molar refractivity (Wildman–Crippen MR) is 79.2 cm³/mol. The molecule has 0 aliphatic carbocycles. The highest BCUT2D eigenvalue weighted by molar-refractivity contribution is 6.04. The van der Waals surface area contributed by atoms with Crippen molar-refractivity contribution in [1.82, 2.24) is 19.9 Å². The summed E-state index contributed by atoms with van der Waals surface area (Å²) < 4.78 is 11.2. The number of carbonyl (C=O) groups is 3. The van der Waals surface area contributed by atoms with Gasteiger partial charge in [-0.2, -0.15) is 5.10 Å². The Kier molecular flexibility index (Phi) is 4.06. The molecule has 0 atom stereocenters. The van der Waals surface area contributed by atoms with Crippen LogP contribution in [0.25, 0.3) is 5.65 Å². The maximum absolute atomic E-state index is 12.2. The van der Waals surface area contributed by atoms with Gasteiger partial charge >= 0.3 is 5.97 Å². The quantitative estimate of drug-likeness (QED) is 0.702. The van der Waals surface area contributed by atoms with Gasteiger partial charge < -0.3 is 9.15 Å². The number of amides is 2. The van der Waals surface area contributed by atoms with E-state index in [0.29, 0.717) is 11.3 Å². The van der Waals surface area contributed by atoms with E-state index in [9.17, 15) is 14.4 Å². The molecule has 0 radical (unpaired) electrons. The number of esters is 1. The third-order valence-corrected chi connectivity index (χ3v) is 3.11. The van der Waals surface area contributed by atoms with Crippen molar-refractivity contribution in [2.45, 2.75) is 6.92 Å². The van der Waals surface area contributed by atoms with Crippen LogP contribution in [0.4, 0.5) is 0 Å². The molecule has 0 aliphatic heterocycles. The first-order chi connectivity index (χ1) is 11.6. The van der Waals surface area contributed by atoms with Crippen LogP contribution in [-0.2, 0) is 9.53 Å². The number of rotatable bonds is 4. The molecule has 0 spiro atoms. The number of hydrogen-bond acceptors (Lipinski definition) is 7. The molecule has 122 valence electrons. The van der Waals surface area contributed by atoms with E-state index in [1.54, 1.807) is 19.2 Å². The monoisotopic (exact) mass is 328 g/mol. The first-order valence-corrected chi connectivity index (χ1v) is 6.91. The van der Waals surface area contributed by atoms with Gasteiger partial charge in [-0.3, -0.25) is 14.9 Å². The molecule has 0 aromatic carbocycles. The van der Waals surface area contributed by atoms with E-state index >= 15 is 0 Å². The van der Waals surface area contributed by atoms with Gasteiger partial charge in [0.15, 0.2) is 18.0 Å². The molecule has 0 saturated heterocycles. The average Bonchev–Trinajstić information content (AvgIpc) is 3.19. The Labute approximate surface area is 135 Å². The van der Waals surface area contributed by atoms with Gasteiger partial charge in [0.1, 0.15) is 5.56 Å². The lowest BCUT2D eigenvalue weighted by molar-refractivity contribution is -0.123. The van der Waals surface area contributed by atoms with Crippen LogP contribution in [0.1, 0.15) is 26.6 Å². The van der Waals surface area contributed by atoms with Crippen LogP contribution in [0.5, 0.6) is 0 Å². The molecule has 0 unspecified atom stereocenters. The normalized spacial score (nSPS) is 10.5. The first kappa shape index (κ1) is 15.4. The number of nitrogens with zero attached hydrogens (tertiary/aromatic N) is 3. The standard InChI is InChI=1S/C15H12N4O5/c1-9-12(13-16-5-3-6-19(13)18-9)15(22)24-8-11(20)17-14(21)10-4-2-7-23-10/h2-7H,8H2,1H3,(H,17,20,21). The van der Waals surface area contributed by atoms with E-state index in [-0.39, 0.29) is 11.3 Å². The van der Waals surface area contributed by atoms with Crippen molar-refractivity contribution >= 4 is 23.4 Å². The zero-order valence-corrected chi connectivity index (χ0v) is 12.6. The number of nitrogens with one attached hydrogen (secondary N) is 1. The van der Waals surface area contributed by atoms with E-state index in [1.807, 2.05) is 5.32 Å². The van der Waals surface area contributed by atoms with Gasteiger partial charge in [-0.25, -0.2) is 14.3 Å². The molecule has 9 nitrogen and oxygen atoms in total. The molecule has 0 bridgehead atoms. The van der Waals surface area contributed by atoms with E-state index < -0.39 is 24.4 Å². The molecule has 3 heterocycles. The fourth-order valence-corrected chi connectivity index (χ4v) is 2.07. The molecule has 3 aromatic heterocycles. The van der Waals surface area contributed by atoms with Crippen LogP contribution in [0.2, 0.25) is 0 Å². The van der Waals surface area contributed by atoms with Crippen molar-refractivity contribution in [1.29, 1.82) is 0 Å². The number of hydrogen-bond donors (Lipinski definition) is 1. The molecule has 0 aliphatic rings. The minimum atomic E-state index is -0.771. The van der Waals surface area contributed by atoms with Crippen LogP contribution < -0.4 is 5.32 Å². The maximum atomic E-state index is 12.2. The Bertz CT molecular complexity index is 913. The molecule has 3 rings (SSSR count). The van der Waals surface area contributed by atoms with E-state index in [1.165, 1.54) is 29.1 Å². The summed E-state index contributed by atoms with van der Waals surface area (Å²) in [7, 11) is 0. The summed E-state index contributed by atoms with van der Waals surface area (Å²) in [6.07, 6.45) is 4.46. The Hall–Kier alpha value is -3.49. The van der Waals surface area contributed by atoms with Gasteiger partial charge in [-0.15, -0.1) is 0 Å². The highest BCUT2D eigenvalue weighted by Gasteiger charge is 2.21. The number of aromatic nitrogens is 3. The topological polar surface area (TPSA) is 116 Å². The zero-order valence-electron chi connectivity index (χ0n) is 12.6. The van der Waals surface area contributed by atoms with Crippen LogP contribution in [-0.4, -0.2) is 39.0 Å². The summed E-state index contributed by atoms with van der Waals surface area (Å²) in [4.78, 5) is 39.5. The van der Waals surface area contributed by atoms with Crippen LogP contribution in [0, 0.1) is 6.92 Å². The molecule has 2 amide bonds. The highest BCUT2D eigenvalue weighted by Crippen LogP contribution is 2.13. The van der Waals surface area contributed by atoms with E-state index in [0.717, 1.165) is 0 Å². The number of carbonyl (C=O) groups excluding carboxylic acids is 3. The average molecular weight is 328 g/mol. The molecule has 24 heavy (non-hydrogen) atoms. The van der Waals surface area contributed by atoms with Crippen molar-refractivity contribution in [3.63, 3.8) is 0 Å². The molecule has 1 N–H and O–H groups in total. The lowest BCUT2D eigenvalue weighted by Crippen LogP contribution is -2.34.